The highest BCUT2D eigenvalue weighted by molar-refractivity contribution is 7.78. The van der Waals surface area contributed by atoms with Gasteiger partial charge in [0.15, 0.2) is 0 Å². The lowest BCUT2D eigenvalue weighted by molar-refractivity contribution is -0.148. The normalized spacial score (nSPS) is 10.7. The average Bonchev–Trinajstić information content (AvgIpc) is 2.42. The molecule has 124 valence electrons. The van der Waals surface area contributed by atoms with Gasteiger partial charge in [0.05, 0.1) is 39.0 Å². The number of amides is 1. The van der Waals surface area contributed by atoms with Crippen LogP contribution < -0.4 is 10.0 Å². The Morgan fingerprint density at radius 3 is 2.19 bits per heavy atom. The van der Waals surface area contributed by atoms with Crippen molar-refractivity contribution >= 4 is 24.7 Å². The maximum atomic E-state index is 11.4. The first-order valence-corrected chi connectivity index (χ1v) is 7.49. The Bertz CT molecular complexity index is 290. The monoisotopic (exact) mass is 322 g/mol. The van der Waals surface area contributed by atoms with Gasteiger partial charge in [-0.25, -0.2) is 0 Å². The fraction of sp³-hybridized carbons (Fsp3) is 0.846. The minimum absolute atomic E-state index is 0.0951. The second kappa shape index (κ2) is 14.1. The van der Waals surface area contributed by atoms with Gasteiger partial charge >= 0.3 is 5.97 Å². The molecule has 0 fully saturated rings. The zero-order chi connectivity index (χ0) is 15.9. The molecule has 0 unspecified atom stereocenters. The van der Waals surface area contributed by atoms with Crippen molar-refractivity contribution in [2.45, 2.75) is 32.8 Å². The van der Waals surface area contributed by atoms with Gasteiger partial charge in [0.25, 0.3) is 0 Å². The molecular weight excluding hydrogens is 296 g/mol. The largest absolute Gasteiger partial charge is 0.463 e. The van der Waals surface area contributed by atoms with E-state index in [0.717, 1.165) is 0 Å². The van der Waals surface area contributed by atoms with E-state index < -0.39 is 0 Å². The smallest absolute Gasteiger partial charge is 0.306 e. The topological polar surface area (TPSA) is 85.9 Å². The molecule has 0 saturated carbocycles. The lowest BCUT2D eigenvalue weighted by atomic mass is 10.3. The zero-order valence-corrected chi connectivity index (χ0v) is 13.6. The van der Waals surface area contributed by atoms with Crippen molar-refractivity contribution in [3.05, 3.63) is 0 Å². The highest BCUT2D eigenvalue weighted by Crippen LogP contribution is 1.96. The Balaban J connectivity index is 3.32. The van der Waals surface area contributed by atoms with Gasteiger partial charge < -0.3 is 19.5 Å². The number of nitrogens with one attached hydrogen (secondary N) is 2. The van der Waals surface area contributed by atoms with Crippen LogP contribution in [-0.4, -0.2) is 57.5 Å². The molecule has 0 saturated heterocycles. The summed E-state index contributed by atoms with van der Waals surface area (Å²) in [6.07, 6.45) is 0.0724. The number of rotatable bonds is 13. The number of carbonyl (C=O) groups is 2. The first-order chi connectivity index (χ1) is 10.1. The van der Waals surface area contributed by atoms with Crippen molar-refractivity contribution in [3.63, 3.8) is 0 Å². The van der Waals surface area contributed by atoms with E-state index in [1.807, 2.05) is 0 Å². The molecule has 0 aromatic rings. The number of thiol groups is 1. The molecule has 1 amide bonds. The van der Waals surface area contributed by atoms with Gasteiger partial charge in [-0.2, -0.15) is 0 Å². The maximum Gasteiger partial charge on any atom is 0.306 e. The van der Waals surface area contributed by atoms with Crippen molar-refractivity contribution in [3.8, 4) is 0 Å². The van der Waals surface area contributed by atoms with Crippen molar-refractivity contribution in [1.29, 1.82) is 0 Å². The molecule has 0 aromatic carbocycles. The van der Waals surface area contributed by atoms with E-state index in [0.29, 0.717) is 39.5 Å². The molecule has 0 aliphatic heterocycles. The van der Waals surface area contributed by atoms with Gasteiger partial charge in [-0.3, -0.25) is 14.3 Å². The van der Waals surface area contributed by atoms with Crippen molar-refractivity contribution in [2.75, 3.05) is 39.5 Å². The fourth-order valence-electron chi connectivity index (χ4n) is 1.33. The molecule has 0 spiro atoms. The second-order valence-corrected chi connectivity index (χ2v) is 4.84. The van der Waals surface area contributed by atoms with Crippen LogP contribution in [0.4, 0.5) is 0 Å². The number of hydrogen-bond donors (Lipinski definition) is 3. The Hall–Kier alpha value is -0.830. The third-order valence-electron chi connectivity index (χ3n) is 2.22. The Morgan fingerprint density at radius 2 is 1.62 bits per heavy atom. The summed E-state index contributed by atoms with van der Waals surface area (Å²) in [5.74, 6) is -0.542. The van der Waals surface area contributed by atoms with E-state index in [9.17, 15) is 9.59 Å². The minimum Gasteiger partial charge on any atom is -0.463 e. The lowest BCUT2D eigenvalue weighted by Crippen LogP contribution is -2.28. The average molecular weight is 322 g/mol. The molecule has 0 bridgehead atoms. The van der Waals surface area contributed by atoms with Crippen LogP contribution in [0, 0.1) is 0 Å². The van der Waals surface area contributed by atoms with E-state index in [1.165, 1.54) is 0 Å². The Labute approximate surface area is 131 Å². The summed E-state index contributed by atoms with van der Waals surface area (Å²) in [6.45, 7) is 6.61. The Morgan fingerprint density at radius 1 is 1.00 bits per heavy atom. The predicted octanol–water partition coefficient (Wildman–Crippen LogP) is 0.302. The highest BCUT2D eigenvalue weighted by atomic mass is 32.1. The number of ether oxygens (including phenoxy) is 3. The predicted molar refractivity (Wildman–Crippen MR) is 82.1 cm³/mol. The fourth-order valence-corrected chi connectivity index (χ4v) is 1.42. The quantitative estimate of drug-likeness (QED) is 0.257. The van der Waals surface area contributed by atoms with Gasteiger partial charge in [-0.05, 0) is 13.8 Å². The van der Waals surface area contributed by atoms with Gasteiger partial charge in [0, 0.05) is 19.5 Å². The molecule has 0 aromatic heterocycles. The summed E-state index contributed by atoms with van der Waals surface area (Å²) in [7, 11) is 0. The number of hydrogen-bond acceptors (Lipinski definition) is 7. The van der Waals surface area contributed by atoms with Crippen LogP contribution in [0.1, 0.15) is 26.7 Å². The molecule has 0 aliphatic carbocycles. The third kappa shape index (κ3) is 15.4. The first-order valence-electron chi connectivity index (χ1n) is 7.05. The van der Waals surface area contributed by atoms with Crippen molar-refractivity contribution < 1.29 is 23.8 Å². The third-order valence-corrected chi connectivity index (χ3v) is 2.45. The summed E-state index contributed by atoms with van der Waals surface area (Å²) in [5, 5.41) is 2.67. The van der Waals surface area contributed by atoms with E-state index in [4.69, 9.17) is 14.2 Å². The summed E-state index contributed by atoms with van der Waals surface area (Å²) >= 11 is 3.83. The molecular formula is C13H26N2O5S. The van der Waals surface area contributed by atoms with Gasteiger partial charge in [-0.15, -0.1) is 0 Å². The van der Waals surface area contributed by atoms with Crippen LogP contribution in [0.25, 0.3) is 0 Å². The SMILES string of the molecule is CC(C)OC(=O)CCC(=O)NCCOCCOCCNS. The van der Waals surface area contributed by atoms with Crippen LogP contribution in [-0.2, 0) is 23.8 Å². The lowest BCUT2D eigenvalue weighted by Gasteiger charge is -2.08. The van der Waals surface area contributed by atoms with Crippen molar-refractivity contribution in [2.24, 2.45) is 0 Å². The van der Waals surface area contributed by atoms with Crippen molar-refractivity contribution in [1.82, 2.24) is 10.0 Å². The van der Waals surface area contributed by atoms with E-state index >= 15 is 0 Å². The summed E-state index contributed by atoms with van der Waals surface area (Å²) < 4.78 is 18.1. The maximum absolute atomic E-state index is 11.4. The van der Waals surface area contributed by atoms with E-state index in [-0.39, 0.29) is 30.8 Å². The molecule has 0 atom stereocenters. The molecule has 0 aliphatic rings. The van der Waals surface area contributed by atoms with E-state index in [2.05, 4.69) is 22.9 Å². The van der Waals surface area contributed by atoms with Crippen LogP contribution in [0.3, 0.4) is 0 Å². The second-order valence-electron chi connectivity index (χ2n) is 4.52. The zero-order valence-electron chi connectivity index (χ0n) is 12.7. The molecule has 0 rings (SSSR count). The van der Waals surface area contributed by atoms with E-state index in [1.54, 1.807) is 13.8 Å². The van der Waals surface area contributed by atoms with Crippen LogP contribution in [0.2, 0.25) is 0 Å². The van der Waals surface area contributed by atoms with Crippen LogP contribution in [0.15, 0.2) is 0 Å². The Kier molecular flexibility index (Phi) is 13.6. The molecule has 7 nitrogen and oxygen atoms in total. The summed E-state index contributed by atoms with van der Waals surface area (Å²) in [4.78, 5) is 22.7. The standard InChI is InChI=1S/C13H26N2O5S/c1-11(2)20-13(17)4-3-12(16)14-5-7-18-9-10-19-8-6-15-21/h11,15,21H,3-10H2,1-2H3,(H,14,16). The molecule has 0 radical (unpaired) electrons. The molecule has 0 heterocycles. The van der Waals surface area contributed by atoms with Gasteiger partial charge in [0.1, 0.15) is 0 Å². The number of carbonyl (C=O) groups excluding carboxylic acids is 2. The minimum atomic E-state index is -0.357. The summed E-state index contributed by atoms with van der Waals surface area (Å²) in [5.41, 5.74) is 0. The summed E-state index contributed by atoms with van der Waals surface area (Å²) in [6, 6.07) is 0. The van der Waals surface area contributed by atoms with Gasteiger partial charge in [0.2, 0.25) is 5.91 Å². The molecule has 8 heteroatoms. The van der Waals surface area contributed by atoms with Crippen LogP contribution >= 0.6 is 12.8 Å². The molecule has 21 heavy (non-hydrogen) atoms. The highest BCUT2D eigenvalue weighted by Gasteiger charge is 2.08. The number of esters is 1. The first kappa shape index (κ1) is 20.2. The van der Waals surface area contributed by atoms with Gasteiger partial charge in [-0.1, -0.05) is 12.8 Å². The van der Waals surface area contributed by atoms with Crippen LogP contribution in [0.5, 0.6) is 0 Å². The molecule has 2 N–H and O–H groups in total.